The van der Waals surface area contributed by atoms with Gasteiger partial charge in [-0.05, 0) is 6.07 Å². The Labute approximate surface area is 92.6 Å². The van der Waals surface area contributed by atoms with Gasteiger partial charge in [-0.2, -0.15) is 0 Å². The van der Waals surface area contributed by atoms with Crippen molar-refractivity contribution in [2.45, 2.75) is 12.5 Å². The van der Waals surface area contributed by atoms with Crippen molar-refractivity contribution >= 4 is 11.8 Å². The van der Waals surface area contributed by atoms with Gasteiger partial charge in [0.2, 0.25) is 5.88 Å². The first kappa shape index (κ1) is 10.5. The fourth-order valence-corrected chi connectivity index (χ4v) is 1.63. The molecule has 0 unspecified atom stereocenters. The van der Waals surface area contributed by atoms with E-state index in [1.54, 1.807) is 12.1 Å². The third-order valence-corrected chi connectivity index (χ3v) is 2.46. The van der Waals surface area contributed by atoms with Crippen LogP contribution in [0.5, 0.6) is 5.88 Å². The molecule has 0 bridgehead atoms. The Balaban J connectivity index is 1.92. The van der Waals surface area contributed by atoms with Crippen molar-refractivity contribution in [1.29, 1.82) is 0 Å². The molecule has 0 aromatic carbocycles. The van der Waals surface area contributed by atoms with Crippen LogP contribution >= 0.6 is 0 Å². The lowest BCUT2D eigenvalue weighted by Gasteiger charge is -2.13. The topological polar surface area (TPSA) is 88.7 Å². The minimum absolute atomic E-state index is 0.118. The highest BCUT2D eigenvalue weighted by molar-refractivity contribution is 5.65. The molecular weight excluding hydrogens is 210 g/mol. The van der Waals surface area contributed by atoms with Crippen LogP contribution in [-0.2, 0) is 0 Å². The number of ether oxygens (including phenoxy) is 1. The monoisotopic (exact) mass is 223 g/mol. The summed E-state index contributed by atoms with van der Waals surface area (Å²) in [7, 11) is 0. The summed E-state index contributed by atoms with van der Waals surface area (Å²) in [6, 6.07) is 3.38. The molecule has 1 atom stereocenters. The first-order chi connectivity index (χ1) is 7.65. The Bertz CT molecular complexity index is 379. The first-order valence-electron chi connectivity index (χ1n) is 5.01. The van der Waals surface area contributed by atoms with Crippen molar-refractivity contribution in [3.63, 3.8) is 0 Å². The van der Waals surface area contributed by atoms with Gasteiger partial charge in [-0.25, -0.2) is 9.78 Å². The average molecular weight is 223 g/mol. The molecule has 86 valence electrons. The maximum absolute atomic E-state index is 10.7. The van der Waals surface area contributed by atoms with Gasteiger partial charge < -0.3 is 20.5 Å². The van der Waals surface area contributed by atoms with E-state index in [4.69, 9.17) is 15.6 Å². The van der Waals surface area contributed by atoms with Crippen LogP contribution in [0, 0.1) is 0 Å². The molecule has 1 aromatic rings. The molecule has 3 N–H and O–H groups in total. The van der Waals surface area contributed by atoms with Crippen molar-refractivity contribution in [2.24, 2.45) is 0 Å². The summed E-state index contributed by atoms with van der Waals surface area (Å²) in [4.78, 5) is 16.0. The Morgan fingerprint density at radius 3 is 3.00 bits per heavy atom. The van der Waals surface area contributed by atoms with Gasteiger partial charge in [0.25, 0.3) is 0 Å². The van der Waals surface area contributed by atoms with Gasteiger partial charge in [0, 0.05) is 19.0 Å². The van der Waals surface area contributed by atoms with Gasteiger partial charge in [-0.3, -0.25) is 0 Å². The number of nitrogen functional groups attached to an aromatic ring is 1. The lowest BCUT2D eigenvalue weighted by atomic mass is 10.3. The smallest absolute Gasteiger partial charge is 0.407 e. The van der Waals surface area contributed by atoms with Gasteiger partial charge in [0.1, 0.15) is 6.10 Å². The average Bonchev–Trinajstić information content (AvgIpc) is 2.70. The van der Waals surface area contributed by atoms with Gasteiger partial charge in [0.05, 0.1) is 18.4 Å². The predicted octanol–water partition coefficient (Wildman–Crippen LogP) is 0.795. The van der Waals surface area contributed by atoms with Gasteiger partial charge >= 0.3 is 6.09 Å². The highest BCUT2D eigenvalue weighted by Crippen LogP contribution is 2.17. The molecule has 1 aliphatic heterocycles. The number of hydrogen-bond acceptors (Lipinski definition) is 4. The molecule has 2 heterocycles. The van der Waals surface area contributed by atoms with Gasteiger partial charge in [0.15, 0.2) is 0 Å². The molecule has 1 amide bonds. The minimum Gasteiger partial charge on any atom is -0.472 e. The van der Waals surface area contributed by atoms with E-state index < -0.39 is 6.09 Å². The number of likely N-dealkylation sites (tertiary alicyclic amines) is 1. The first-order valence-corrected chi connectivity index (χ1v) is 5.01. The van der Waals surface area contributed by atoms with E-state index in [0.29, 0.717) is 31.1 Å². The molecule has 0 spiro atoms. The van der Waals surface area contributed by atoms with Crippen molar-refractivity contribution in [3.05, 3.63) is 18.3 Å². The third-order valence-electron chi connectivity index (χ3n) is 2.46. The number of pyridine rings is 1. The highest BCUT2D eigenvalue weighted by Gasteiger charge is 2.27. The number of carboxylic acid groups (broad SMARTS) is 1. The maximum atomic E-state index is 10.7. The van der Waals surface area contributed by atoms with Crippen LogP contribution in [-0.4, -0.2) is 40.3 Å². The molecule has 0 aliphatic carbocycles. The van der Waals surface area contributed by atoms with Crippen LogP contribution in [0.2, 0.25) is 0 Å². The summed E-state index contributed by atoms with van der Waals surface area (Å²) in [6.45, 7) is 0.899. The lowest BCUT2D eigenvalue weighted by molar-refractivity contribution is 0.144. The third kappa shape index (κ3) is 2.33. The summed E-state index contributed by atoms with van der Waals surface area (Å²) in [5.41, 5.74) is 6.07. The molecule has 1 aliphatic rings. The second-order valence-corrected chi connectivity index (χ2v) is 3.69. The Morgan fingerprint density at radius 2 is 2.44 bits per heavy atom. The van der Waals surface area contributed by atoms with E-state index in [-0.39, 0.29) is 6.10 Å². The van der Waals surface area contributed by atoms with Crippen LogP contribution in [0.1, 0.15) is 6.42 Å². The second-order valence-electron chi connectivity index (χ2n) is 3.69. The lowest BCUT2D eigenvalue weighted by Crippen LogP contribution is -2.29. The Kier molecular flexibility index (Phi) is 2.80. The molecule has 0 radical (unpaired) electrons. The molecule has 0 saturated carbocycles. The molecular formula is C10H13N3O3. The normalized spacial score (nSPS) is 19.8. The predicted molar refractivity (Wildman–Crippen MR) is 57.3 cm³/mol. The van der Waals surface area contributed by atoms with Crippen LogP contribution in [0.15, 0.2) is 18.3 Å². The number of anilines is 1. The standard InChI is InChI=1S/C10H13N3O3/c11-7-1-2-9(12-5-7)16-8-3-4-13(6-8)10(14)15/h1-2,5,8H,3-4,6,11H2,(H,14,15)/t8-/m0/s1. The Morgan fingerprint density at radius 1 is 1.62 bits per heavy atom. The Hall–Kier alpha value is -1.98. The number of rotatable bonds is 2. The van der Waals surface area contributed by atoms with Gasteiger partial charge in [-0.15, -0.1) is 0 Å². The minimum atomic E-state index is -0.906. The SMILES string of the molecule is Nc1ccc(O[C@H]2CCN(C(=O)O)C2)nc1. The van der Waals surface area contributed by atoms with Crippen molar-refractivity contribution in [2.75, 3.05) is 18.8 Å². The molecule has 6 nitrogen and oxygen atoms in total. The van der Waals surface area contributed by atoms with Crippen LogP contribution in [0.25, 0.3) is 0 Å². The zero-order valence-electron chi connectivity index (χ0n) is 8.67. The molecule has 1 fully saturated rings. The molecule has 16 heavy (non-hydrogen) atoms. The zero-order chi connectivity index (χ0) is 11.5. The largest absolute Gasteiger partial charge is 0.472 e. The van der Waals surface area contributed by atoms with Crippen LogP contribution < -0.4 is 10.5 Å². The van der Waals surface area contributed by atoms with Crippen LogP contribution in [0.3, 0.4) is 0 Å². The number of amides is 1. The molecule has 1 aromatic heterocycles. The summed E-state index contributed by atoms with van der Waals surface area (Å²) in [6.07, 6.45) is 1.18. The van der Waals surface area contributed by atoms with E-state index in [1.165, 1.54) is 11.1 Å². The van der Waals surface area contributed by atoms with E-state index in [1.807, 2.05) is 0 Å². The van der Waals surface area contributed by atoms with Gasteiger partial charge in [-0.1, -0.05) is 0 Å². The highest BCUT2D eigenvalue weighted by atomic mass is 16.5. The number of nitrogens with two attached hydrogens (primary N) is 1. The fourth-order valence-electron chi connectivity index (χ4n) is 1.63. The molecule has 2 rings (SSSR count). The van der Waals surface area contributed by atoms with Crippen molar-refractivity contribution < 1.29 is 14.6 Å². The zero-order valence-corrected chi connectivity index (χ0v) is 8.67. The van der Waals surface area contributed by atoms with Crippen molar-refractivity contribution in [1.82, 2.24) is 9.88 Å². The van der Waals surface area contributed by atoms with E-state index >= 15 is 0 Å². The summed E-state index contributed by atoms with van der Waals surface area (Å²) >= 11 is 0. The maximum Gasteiger partial charge on any atom is 0.407 e. The van der Waals surface area contributed by atoms with Crippen LogP contribution in [0.4, 0.5) is 10.5 Å². The van der Waals surface area contributed by atoms with Crippen molar-refractivity contribution in [3.8, 4) is 5.88 Å². The van der Waals surface area contributed by atoms with E-state index in [0.717, 1.165) is 0 Å². The molecule has 6 heteroatoms. The molecule has 1 saturated heterocycles. The van der Waals surface area contributed by atoms with E-state index in [9.17, 15) is 4.79 Å². The second kappa shape index (κ2) is 4.26. The fraction of sp³-hybridized carbons (Fsp3) is 0.400. The number of hydrogen-bond donors (Lipinski definition) is 2. The number of nitrogens with zero attached hydrogens (tertiary/aromatic N) is 2. The quantitative estimate of drug-likeness (QED) is 0.774. The summed E-state index contributed by atoms with van der Waals surface area (Å²) in [5.74, 6) is 0.478. The number of carbonyl (C=O) groups is 1. The number of aromatic nitrogens is 1. The summed E-state index contributed by atoms with van der Waals surface area (Å²) < 4.78 is 5.54. The van der Waals surface area contributed by atoms with E-state index in [2.05, 4.69) is 4.98 Å². The summed E-state index contributed by atoms with van der Waals surface area (Å²) in [5, 5.41) is 8.77.